The molecule has 1 aromatic heterocycles. The molecule has 1 fully saturated rings. The van der Waals surface area contributed by atoms with Crippen molar-refractivity contribution in [3.05, 3.63) is 53.0 Å². The van der Waals surface area contributed by atoms with E-state index >= 15 is 0 Å². The van der Waals surface area contributed by atoms with Gasteiger partial charge in [0, 0.05) is 37.8 Å². The number of aromatic nitrogens is 1. The molecule has 0 N–H and O–H groups in total. The van der Waals surface area contributed by atoms with Gasteiger partial charge in [-0.15, -0.1) is 11.3 Å². The third kappa shape index (κ3) is 3.95. The average Bonchev–Trinajstić information content (AvgIpc) is 3.15. The fourth-order valence-electron chi connectivity index (χ4n) is 3.40. The molecule has 1 aliphatic heterocycles. The van der Waals surface area contributed by atoms with Gasteiger partial charge >= 0.3 is 0 Å². The smallest absolute Gasteiger partial charge is 0.254 e. The Morgan fingerprint density at radius 3 is 2.36 bits per heavy atom. The van der Waals surface area contributed by atoms with Crippen LogP contribution in [0.3, 0.4) is 0 Å². The molecule has 1 saturated heterocycles. The van der Waals surface area contributed by atoms with Crippen molar-refractivity contribution >= 4 is 27.5 Å². The highest BCUT2D eigenvalue weighted by atomic mass is 32.1. The van der Waals surface area contributed by atoms with Crippen LogP contribution >= 0.6 is 11.3 Å². The standard InChI is InChI=1S/C21H23N3O3S/c1-26-16-11-15(12-17(13-16)27-2)21(25)24-9-7-23(8-10-24)14-20-22-18-5-3-4-6-19(18)28-20/h3-6,11-13H,7-10,14H2,1-2H3. The van der Waals surface area contributed by atoms with E-state index in [9.17, 15) is 4.79 Å². The number of thiazole rings is 1. The van der Waals surface area contributed by atoms with Crippen molar-refractivity contribution in [2.24, 2.45) is 0 Å². The van der Waals surface area contributed by atoms with Gasteiger partial charge in [0.1, 0.15) is 16.5 Å². The van der Waals surface area contributed by atoms with Crippen LogP contribution in [-0.2, 0) is 6.54 Å². The molecule has 2 heterocycles. The van der Waals surface area contributed by atoms with Crippen molar-refractivity contribution in [2.75, 3.05) is 40.4 Å². The Hall–Kier alpha value is -2.64. The maximum atomic E-state index is 12.9. The summed E-state index contributed by atoms with van der Waals surface area (Å²) in [6.45, 7) is 3.90. The highest BCUT2D eigenvalue weighted by Crippen LogP contribution is 2.25. The number of nitrogens with zero attached hydrogens (tertiary/aromatic N) is 3. The molecule has 0 unspecified atom stereocenters. The zero-order chi connectivity index (χ0) is 19.5. The molecule has 0 atom stereocenters. The van der Waals surface area contributed by atoms with Gasteiger partial charge < -0.3 is 14.4 Å². The number of fused-ring (bicyclic) bond motifs is 1. The molecule has 1 aliphatic rings. The zero-order valence-corrected chi connectivity index (χ0v) is 16.9. The summed E-state index contributed by atoms with van der Waals surface area (Å²) in [5.41, 5.74) is 1.65. The van der Waals surface area contributed by atoms with Gasteiger partial charge in [-0.3, -0.25) is 9.69 Å². The number of para-hydroxylation sites is 1. The fraction of sp³-hybridized carbons (Fsp3) is 0.333. The SMILES string of the molecule is COc1cc(OC)cc(C(=O)N2CCN(Cc3nc4ccccc4s3)CC2)c1. The van der Waals surface area contributed by atoms with Crippen LogP contribution in [0, 0.1) is 0 Å². The van der Waals surface area contributed by atoms with Crippen LogP contribution in [-0.4, -0.2) is 61.1 Å². The lowest BCUT2D eigenvalue weighted by atomic mass is 10.1. The van der Waals surface area contributed by atoms with Gasteiger partial charge in [0.2, 0.25) is 0 Å². The first-order valence-electron chi connectivity index (χ1n) is 9.25. The lowest BCUT2D eigenvalue weighted by Crippen LogP contribution is -2.48. The first-order valence-corrected chi connectivity index (χ1v) is 10.1. The van der Waals surface area contributed by atoms with Crippen molar-refractivity contribution in [2.45, 2.75) is 6.54 Å². The third-order valence-corrected chi connectivity index (χ3v) is 5.98. The number of benzene rings is 2. The topological polar surface area (TPSA) is 54.9 Å². The Labute approximate surface area is 168 Å². The molecule has 28 heavy (non-hydrogen) atoms. The number of methoxy groups -OCH3 is 2. The van der Waals surface area contributed by atoms with Gasteiger partial charge in [-0.05, 0) is 24.3 Å². The summed E-state index contributed by atoms with van der Waals surface area (Å²) >= 11 is 1.74. The Morgan fingerprint density at radius 1 is 1.04 bits per heavy atom. The maximum absolute atomic E-state index is 12.9. The summed E-state index contributed by atoms with van der Waals surface area (Å²) in [5.74, 6) is 1.26. The summed E-state index contributed by atoms with van der Waals surface area (Å²) in [5, 5.41) is 1.12. The molecule has 0 radical (unpaired) electrons. The molecule has 146 valence electrons. The minimum Gasteiger partial charge on any atom is -0.497 e. The van der Waals surface area contributed by atoms with E-state index in [0.717, 1.165) is 30.2 Å². The van der Waals surface area contributed by atoms with Gasteiger partial charge in [0.25, 0.3) is 5.91 Å². The largest absolute Gasteiger partial charge is 0.497 e. The molecule has 3 aromatic rings. The van der Waals surface area contributed by atoms with Crippen molar-refractivity contribution in [1.82, 2.24) is 14.8 Å². The molecule has 1 amide bonds. The molecule has 0 bridgehead atoms. The van der Waals surface area contributed by atoms with Crippen molar-refractivity contribution in [1.29, 1.82) is 0 Å². The molecular formula is C21H23N3O3S. The monoisotopic (exact) mass is 397 g/mol. The van der Waals surface area contributed by atoms with E-state index in [-0.39, 0.29) is 5.91 Å². The molecule has 0 spiro atoms. The highest BCUT2D eigenvalue weighted by Gasteiger charge is 2.23. The normalized spacial score (nSPS) is 15.0. The molecule has 7 heteroatoms. The number of hydrogen-bond acceptors (Lipinski definition) is 6. The van der Waals surface area contributed by atoms with Crippen LogP contribution in [0.5, 0.6) is 11.5 Å². The number of ether oxygens (including phenoxy) is 2. The van der Waals surface area contributed by atoms with Crippen LogP contribution in [0.25, 0.3) is 10.2 Å². The van der Waals surface area contributed by atoms with E-state index in [4.69, 9.17) is 14.5 Å². The fourth-order valence-corrected chi connectivity index (χ4v) is 4.41. The third-order valence-electron chi connectivity index (χ3n) is 4.95. The number of carbonyl (C=O) groups is 1. The number of piperazine rings is 1. The van der Waals surface area contributed by atoms with Crippen molar-refractivity contribution < 1.29 is 14.3 Å². The van der Waals surface area contributed by atoms with Gasteiger partial charge in [0.05, 0.1) is 31.0 Å². The molecule has 0 aliphatic carbocycles. The van der Waals surface area contributed by atoms with Gasteiger partial charge in [-0.2, -0.15) is 0 Å². The first-order chi connectivity index (χ1) is 13.7. The summed E-state index contributed by atoms with van der Waals surface area (Å²) < 4.78 is 11.8. The maximum Gasteiger partial charge on any atom is 0.254 e. The second-order valence-electron chi connectivity index (χ2n) is 6.75. The quantitative estimate of drug-likeness (QED) is 0.661. The van der Waals surface area contributed by atoms with Crippen LogP contribution in [0.15, 0.2) is 42.5 Å². The van der Waals surface area contributed by atoms with E-state index < -0.39 is 0 Å². The average molecular weight is 398 g/mol. The second kappa shape index (κ2) is 8.16. The molecule has 6 nitrogen and oxygen atoms in total. The number of carbonyl (C=O) groups excluding carboxylic acids is 1. The highest BCUT2D eigenvalue weighted by molar-refractivity contribution is 7.18. The predicted octanol–water partition coefficient (Wildman–Crippen LogP) is 3.27. The Morgan fingerprint density at radius 2 is 1.71 bits per heavy atom. The Balaban J connectivity index is 1.39. The van der Waals surface area contributed by atoms with Crippen LogP contribution in [0.1, 0.15) is 15.4 Å². The van der Waals surface area contributed by atoms with E-state index in [0.29, 0.717) is 30.2 Å². The van der Waals surface area contributed by atoms with E-state index in [1.54, 1.807) is 43.8 Å². The summed E-state index contributed by atoms with van der Waals surface area (Å²) in [6.07, 6.45) is 0. The van der Waals surface area contributed by atoms with Crippen LogP contribution in [0.4, 0.5) is 0 Å². The van der Waals surface area contributed by atoms with Gasteiger partial charge in [-0.25, -0.2) is 4.98 Å². The Bertz CT molecular complexity index is 925. The molecule has 4 rings (SSSR count). The van der Waals surface area contributed by atoms with E-state index in [1.165, 1.54) is 4.70 Å². The summed E-state index contributed by atoms with van der Waals surface area (Å²) in [6, 6.07) is 13.5. The minimum absolute atomic E-state index is 0.0110. The summed E-state index contributed by atoms with van der Waals surface area (Å²) in [4.78, 5) is 21.9. The molecule has 2 aromatic carbocycles. The lowest BCUT2D eigenvalue weighted by Gasteiger charge is -2.34. The molecule has 0 saturated carbocycles. The van der Waals surface area contributed by atoms with Gasteiger partial charge in [0.15, 0.2) is 0 Å². The predicted molar refractivity (Wildman–Crippen MR) is 110 cm³/mol. The Kier molecular flexibility index (Phi) is 5.45. The van der Waals surface area contributed by atoms with Crippen molar-refractivity contribution in [3.8, 4) is 11.5 Å². The van der Waals surface area contributed by atoms with Crippen LogP contribution in [0.2, 0.25) is 0 Å². The minimum atomic E-state index is 0.0110. The zero-order valence-electron chi connectivity index (χ0n) is 16.1. The number of rotatable bonds is 5. The summed E-state index contributed by atoms with van der Waals surface area (Å²) in [7, 11) is 3.17. The van der Waals surface area contributed by atoms with Crippen molar-refractivity contribution in [3.63, 3.8) is 0 Å². The van der Waals surface area contributed by atoms with E-state index in [2.05, 4.69) is 11.0 Å². The number of hydrogen-bond donors (Lipinski definition) is 0. The lowest BCUT2D eigenvalue weighted by molar-refractivity contribution is 0.0628. The number of amides is 1. The van der Waals surface area contributed by atoms with Gasteiger partial charge in [-0.1, -0.05) is 12.1 Å². The molecular weight excluding hydrogens is 374 g/mol. The first kappa shape index (κ1) is 18.7. The second-order valence-corrected chi connectivity index (χ2v) is 7.86. The van der Waals surface area contributed by atoms with Crippen LogP contribution < -0.4 is 9.47 Å². The van der Waals surface area contributed by atoms with E-state index in [1.807, 2.05) is 23.1 Å².